The summed E-state index contributed by atoms with van der Waals surface area (Å²) in [5.41, 5.74) is 0.482. The van der Waals surface area contributed by atoms with Gasteiger partial charge in [-0.2, -0.15) is 0 Å². The third-order valence-electron chi connectivity index (χ3n) is 1.95. The van der Waals surface area contributed by atoms with Crippen molar-refractivity contribution in [2.24, 2.45) is 4.99 Å². The molecule has 5 heteroatoms. The van der Waals surface area contributed by atoms with Gasteiger partial charge in [0.15, 0.2) is 10.7 Å². The van der Waals surface area contributed by atoms with Crippen LogP contribution in [0.15, 0.2) is 40.6 Å². The van der Waals surface area contributed by atoms with Crippen LogP contribution in [0.25, 0.3) is 0 Å². The third kappa shape index (κ3) is 1.07. The fourth-order valence-electron chi connectivity index (χ4n) is 1.29. The number of rotatable bonds is 1. The summed E-state index contributed by atoms with van der Waals surface area (Å²) in [5.74, 6) is 0. The van der Waals surface area contributed by atoms with Gasteiger partial charge in [0.2, 0.25) is 0 Å². The van der Waals surface area contributed by atoms with Gasteiger partial charge in [-0.25, -0.2) is 12.8 Å². The quantitative estimate of drug-likeness (QED) is 0.633. The van der Waals surface area contributed by atoms with E-state index in [1.54, 1.807) is 6.08 Å². The van der Waals surface area contributed by atoms with Crippen LogP contribution in [0.3, 0.4) is 0 Å². The van der Waals surface area contributed by atoms with E-state index in [1.165, 1.54) is 18.4 Å². The number of thiol groups is 1. The van der Waals surface area contributed by atoms with Gasteiger partial charge in [-0.3, -0.25) is 4.99 Å². The van der Waals surface area contributed by atoms with Crippen molar-refractivity contribution < 1.29 is 12.8 Å². The smallest absolute Gasteiger partial charge is 0.253 e. The lowest BCUT2D eigenvalue weighted by molar-refractivity contribution is 0.386. The van der Waals surface area contributed by atoms with E-state index in [9.17, 15) is 12.8 Å². The van der Waals surface area contributed by atoms with E-state index >= 15 is 0 Å². The molecule has 1 aliphatic heterocycles. The number of hydrogen-bond acceptors (Lipinski definition) is 3. The summed E-state index contributed by atoms with van der Waals surface area (Å²) in [5, 5.41) is -2.38. The number of fused-ring (bicyclic) bond motifs is 1. The van der Waals surface area contributed by atoms with E-state index in [2.05, 4.69) is 4.99 Å². The van der Waals surface area contributed by atoms with Gasteiger partial charge < -0.3 is 0 Å². The first-order valence-corrected chi connectivity index (χ1v) is 4.80. The molecule has 1 unspecified atom stereocenters. The molecular formula is C8H6FNO2S. The van der Waals surface area contributed by atoms with Crippen molar-refractivity contribution in [3.05, 3.63) is 35.6 Å². The molecule has 1 heterocycles. The Hall–Kier alpha value is -1.23. The van der Waals surface area contributed by atoms with Crippen LogP contribution in [0.5, 0.6) is 0 Å². The number of alkyl halides is 1. The highest BCUT2D eigenvalue weighted by Gasteiger charge is 2.39. The zero-order chi connectivity index (χ0) is 9.47. The summed E-state index contributed by atoms with van der Waals surface area (Å²) in [6.45, 7) is 0. The first-order chi connectivity index (χ1) is 6.14. The zero-order valence-corrected chi connectivity index (χ0v) is 7.37. The molecular weight excluding hydrogens is 193 g/mol. The van der Waals surface area contributed by atoms with Gasteiger partial charge in [-0.15, -0.1) is 0 Å². The molecule has 0 bridgehead atoms. The molecule has 0 saturated carbocycles. The van der Waals surface area contributed by atoms with Crippen LogP contribution in [0.2, 0.25) is 0 Å². The highest BCUT2D eigenvalue weighted by atomic mass is 32.2. The van der Waals surface area contributed by atoms with Gasteiger partial charge in [-0.05, 0) is 18.2 Å². The van der Waals surface area contributed by atoms with Crippen LogP contribution in [0, 0.1) is 0 Å². The van der Waals surface area contributed by atoms with Crippen molar-refractivity contribution in [1.29, 1.82) is 0 Å². The Labute approximate surface area is 75.9 Å². The Bertz CT molecular complexity index is 437. The fraction of sp³-hybridized carbons (Fsp3) is 0.125. The van der Waals surface area contributed by atoms with Crippen molar-refractivity contribution in [2.45, 2.75) is 5.00 Å². The average molecular weight is 199 g/mol. The van der Waals surface area contributed by atoms with E-state index in [0.717, 1.165) is 6.08 Å². The Morgan fingerprint density at radius 1 is 1.38 bits per heavy atom. The van der Waals surface area contributed by atoms with Gasteiger partial charge in [-0.1, -0.05) is 6.08 Å². The topological polar surface area (TPSA) is 46.5 Å². The second kappa shape index (κ2) is 2.63. The first-order valence-electron chi connectivity index (χ1n) is 3.63. The molecule has 0 aromatic carbocycles. The maximum absolute atomic E-state index is 13.8. The summed E-state index contributed by atoms with van der Waals surface area (Å²) in [7, 11) is -3.18. The van der Waals surface area contributed by atoms with Crippen LogP contribution in [-0.2, 0) is 10.7 Å². The minimum atomic E-state index is -3.18. The molecule has 68 valence electrons. The molecule has 2 rings (SSSR count). The second-order valence-electron chi connectivity index (χ2n) is 2.70. The number of allylic oxidation sites excluding steroid dienone is 4. The summed E-state index contributed by atoms with van der Waals surface area (Å²) in [6.07, 6.45) is 6.72. The summed E-state index contributed by atoms with van der Waals surface area (Å²) in [6, 6.07) is 0. The molecule has 0 saturated heterocycles. The highest BCUT2D eigenvalue weighted by molar-refractivity contribution is 7.74. The molecule has 1 atom stereocenters. The third-order valence-corrected chi connectivity index (χ3v) is 2.87. The maximum atomic E-state index is 13.8. The number of hydrogen-bond donors (Lipinski definition) is 1. The lowest BCUT2D eigenvalue weighted by Crippen LogP contribution is -2.26. The minimum absolute atomic E-state index is 0.103. The summed E-state index contributed by atoms with van der Waals surface area (Å²) >= 11 is 0. The van der Waals surface area contributed by atoms with E-state index in [0.29, 0.717) is 5.70 Å². The molecule has 1 aliphatic carbocycles. The van der Waals surface area contributed by atoms with Crippen LogP contribution in [0.4, 0.5) is 4.39 Å². The van der Waals surface area contributed by atoms with Crippen molar-refractivity contribution in [3.8, 4) is 0 Å². The molecule has 0 spiro atoms. The molecule has 0 aromatic heterocycles. The first kappa shape index (κ1) is 8.37. The largest absolute Gasteiger partial charge is 0.256 e. The lowest BCUT2D eigenvalue weighted by atomic mass is 10.0. The predicted molar refractivity (Wildman–Crippen MR) is 48.0 cm³/mol. The van der Waals surface area contributed by atoms with Crippen molar-refractivity contribution in [3.63, 3.8) is 0 Å². The molecule has 0 N–H and O–H groups in total. The SMILES string of the molecule is O=[SH](=O)C1(F)C=CC=C2N=CC=C21. The van der Waals surface area contributed by atoms with Crippen LogP contribution in [0.1, 0.15) is 0 Å². The molecule has 0 aromatic rings. The normalized spacial score (nSPS) is 30.3. The van der Waals surface area contributed by atoms with E-state index in [-0.39, 0.29) is 5.57 Å². The average Bonchev–Trinajstić information content (AvgIpc) is 2.53. The number of nitrogens with zero attached hydrogens (tertiary/aromatic N) is 1. The van der Waals surface area contributed by atoms with Gasteiger partial charge in [0.1, 0.15) is 0 Å². The predicted octanol–water partition coefficient (Wildman–Crippen LogP) is 0.728. The monoisotopic (exact) mass is 199 g/mol. The van der Waals surface area contributed by atoms with Crippen molar-refractivity contribution in [1.82, 2.24) is 0 Å². The maximum Gasteiger partial charge on any atom is 0.253 e. The minimum Gasteiger partial charge on any atom is -0.256 e. The van der Waals surface area contributed by atoms with E-state index < -0.39 is 15.7 Å². The fourth-order valence-corrected chi connectivity index (χ4v) is 1.89. The lowest BCUT2D eigenvalue weighted by Gasteiger charge is -2.19. The molecule has 2 aliphatic rings. The van der Waals surface area contributed by atoms with Crippen LogP contribution >= 0.6 is 0 Å². The summed E-state index contributed by atoms with van der Waals surface area (Å²) < 4.78 is 35.2. The standard InChI is InChI=1S/C8H6FNO2S/c9-8(13(11)12)4-1-2-7-6(8)3-5-10-7/h1-5,13H. The number of aliphatic imine (C=N–C) groups is 1. The Morgan fingerprint density at radius 2 is 2.15 bits per heavy atom. The van der Waals surface area contributed by atoms with Gasteiger partial charge in [0, 0.05) is 11.8 Å². The van der Waals surface area contributed by atoms with Gasteiger partial charge >= 0.3 is 0 Å². The second-order valence-corrected chi connectivity index (χ2v) is 3.87. The molecule has 13 heavy (non-hydrogen) atoms. The zero-order valence-electron chi connectivity index (χ0n) is 6.48. The summed E-state index contributed by atoms with van der Waals surface area (Å²) in [4.78, 5) is 3.82. The van der Waals surface area contributed by atoms with E-state index in [4.69, 9.17) is 0 Å². The Morgan fingerprint density at radius 3 is 2.85 bits per heavy atom. The van der Waals surface area contributed by atoms with Gasteiger partial charge in [0.25, 0.3) is 5.00 Å². The molecule has 3 nitrogen and oxygen atoms in total. The highest BCUT2D eigenvalue weighted by Crippen LogP contribution is 2.36. The number of halogens is 1. The molecule has 0 amide bonds. The van der Waals surface area contributed by atoms with Gasteiger partial charge in [0.05, 0.1) is 5.70 Å². The van der Waals surface area contributed by atoms with Crippen molar-refractivity contribution in [2.75, 3.05) is 0 Å². The molecule has 0 radical (unpaired) electrons. The van der Waals surface area contributed by atoms with Crippen LogP contribution in [-0.4, -0.2) is 19.6 Å². The van der Waals surface area contributed by atoms with E-state index in [1.807, 2.05) is 0 Å². The molecule has 0 fully saturated rings. The Balaban J connectivity index is 2.58. The van der Waals surface area contributed by atoms with Crippen molar-refractivity contribution >= 4 is 16.9 Å². The Kier molecular flexibility index (Phi) is 1.69. The van der Waals surface area contributed by atoms with Crippen LogP contribution < -0.4 is 0 Å².